The van der Waals surface area contributed by atoms with Gasteiger partial charge in [-0.15, -0.1) is 0 Å². The molecule has 160 valence electrons. The van der Waals surface area contributed by atoms with Gasteiger partial charge in [-0.05, 0) is 56.0 Å². The zero-order chi connectivity index (χ0) is 21.1. The van der Waals surface area contributed by atoms with E-state index in [0.29, 0.717) is 18.9 Å². The van der Waals surface area contributed by atoms with Crippen molar-refractivity contribution in [2.24, 2.45) is 0 Å². The number of pyridine rings is 1. The fraction of sp³-hybridized carbons (Fsp3) is 0.429. The second kappa shape index (κ2) is 8.91. The van der Waals surface area contributed by atoms with E-state index in [9.17, 15) is 13.2 Å². The maximum atomic E-state index is 13.0. The average molecular weight is 449 g/mol. The van der Waals surface area contributed by atoms with Crippen LogP contribution in [-0.2, 0) is 10.0 Å². The molecule has 1 aromatic heterocycles. The normalized spacial score (nSPS) is 17.8. The third-order valence-electron chi connectivity index (χ3n) is 5.59. The van der Waals surface area contributed by atoms with Crippen LogP contribution in [0.2, 0.25) is 5.02 Å². The first-order valence-corrected chi connectivity index (χ1v) is 12.1. The van der Waals surface area contributed by atoms with Gasteiger partial charge in [0.1, 0.15) is 10.7 Å². The van der Waals surface area contributed by atoms with E-state index in [-0.39, 0.29) is 15.5 Å². The number of anilines is 2. The van der Waals surface area contributed by atoms with E-state index >= 15 is 0 Å². The lowest BCUT2D eigenvalue weighted by molar-refractivity contribution is 0.102. The molecule has 0 spiro atoms. The van der Waals surface area contributed by atoms with Crippen molar-refractivity contribution in [1.29, 1.82) is 0 Å². The van der Waals surface area contributed by atoms with Crippen molar-refractivity contribution in [3.05, 3.63) is 47.1 Å². The number of nitrogens with zero attached hydrogens (tertiary/aromatic N) is 3. The predicted molar refractivity (Wildman–Crippen MR) is 118 cm³/mol. The van der Waals surface area contributed by atoms with Gasteiger partial charge in [0, 0.05) is 31.7 Å². The van der Waals surface area contributed by atoms with Crippen molar-refractivity contribution in [1.82, 2.24) is 9.29 Å². The molecule has 3 heterocycles. The van der Waals surface area contributed by atoms with Gasteiger partial charge in [-0.25, -0.2) is 13.4 Å². The Kier molecular flexibility index (Phi) is 6.26. The lowest BCUT2D eigenvalue weighted by Crippen LogP contribution is -2.35. The quantitative estimate of drug-likeness (QED) is 0.752. The molecule has 30 heavy (non-hydrogen) atoms. The van der Waals surface area contributed by atoms with Gasteiger partial charge in [0.2, 0.25) is 10.0 Å². The molecule has 0 bridgehead atoms. The number of carbonyl (C=O) groups excluding carboxylic acids is 1. The van der Waals surface area contributed by atoms with Gasteiger partial charge in [0.15, 0.2) is 0 Å². The average Bonchev–Trinajstić information content (AvgIpc) is 3.30. The molecule has 9 heteroatoms. The molecule has 2 aliphatic heterocycles. The summed E-state index contributed by atoms with van der Waals surface area (Å²) in [7, 11) is -3.74. The summed E-state index contributed by atoms with van der Waals surface area (Å²) in [5.74, 6) is -0.0125. The van der Waals surface area contributed by atoms with E-state index in [1.54, 1.807) is 12.3 Å². The third-order valence-corrected chi connectivity index (χ3v) is 7.97. The van der Waals surface area contributed by atoms with Crippen molar-refractivity contribution in [3.63, 3.8) is 0 Å². The monoisotopic (exact) mass is 448 g/mol. The van der Waals surface area contributed by atoms with Gasteiger partial charge in [-0.3, -0.25) is 4.79 Å². The number of halogens is 1. The molecule has 7 nitrogen and oxygen atoms in total. The van der Waals surface area contributed by atoms with Crippen LogP contribution < -0.4 is 10.2 Å². The smallest absolute Gasteiger partial charge is 0.256 e. The second-order valence-electron chi connectivity index (χ2n) is 7.66. The number of hydrogen-bond acceptors (Lipinski definition) is 5. The largest absolute Gasteiger partial charge is 0.370 e. The fourth-order valence-electron chi connectivity index (χ4n) is 3.90. The molecule has 0 saturated carbocycles. The molecule has 2 aromatic rings. The van der Waals surface area contributed by atoms with Gasteiger partial charge in [0.25, 0.3) is 5.91 Å². The summed E-state index contributed by atoms with van der Waals surface area (Å²) in [6.07, 6.45) is 6.78. The van der Waals surface area contributed by atoms with Crippen LogP contribution in [-0.4, -0.2) is 49.8 Å². The molecule has 1 aromatic carbocycles. The highest BCUT2D eigenvalue weighted by atomic mass is 35.5. The number of piperidine rings is 1. The summed E-state index contributed by atoms with van der Waals surface area (Å²) in [4.78, 5) is 19.3. The topological polar surface area (TPSA) is 82.6 Å². The number of aromatic nitrogens is 1. The Morgan fingerprint density at radius 1 is 0.967 bits per heavy atom. The summed E-state index contributed by atoms with van der Waals surface area (Å²) < 4.78 is 27.4. The molecule has 0 atom stereocenters. The van der Waals surface area contributed by atoms with Crippen LogP contribution in [0, 0.1) is 0 Å². The Bertz CT molecular complexity index is 1020. The Labute approximate surface area is 182 Å². The van der Waals surface area contributed by atoms with Crippen LogP contribution in [0.25, 0.3) is 0 Å². The number of rotatable bonds is 5. The molecule has 2 saturated heterocycles. The van der Waals surface area contributed by atoms with E-state index in [1.165, 1.54) is 35.3 Å². The van der Waals surface area contributed by atoms with E-state index in [0.717, 1.165) is 38.0 Å². The SMILES string of the molecule is O=C(Nc1ccc(N2CCCC2)cn1)c1ccc(Cl)c(S(=O)(=O)N2CCCCC2)c1. The van der Waals surface area contributed by atoms with E-state index in [4.69, 9.17) is 11.6 Å². The van der Waals surface area contributed by atoms with Crippen molar-refractivity contribution in [2.75, 3.05) is 36.4 Å². The van der Waals surface area contributed by atoms with Crippen LogP contribution in [0.3, 0.4) is 0 Å². The number of hydrogen-bond donors (Lipinski definition) is 1. The first kappa shape index (κ1) is 21.1. The summed E-state index contributed by atoms with van der Waals surface area (Å²) in [5.41, 5.74) is 1.26. The Balaban J connectivity index is 1.51. The van der Waals surface area contributed by atoms with Gasteiger partial charge >= 0.3 is 0 Å². The molecule has 1 N–H and O–H groups in total. The summed E-state index contributed by atoms with van der Waals surface area (Å²) in [5, 5.41) is 2.85. The zero-order valence-electron chi connectivity index (χ0n) is 16.7. The van der Waals surface area contributed by atoms with Crippen molar-refractivity contribution in [3.8, 4) is 0 Å². The van der Waals surface area contributed by atoms with Crippen molar-refractivity contribution < 1.29 is 13.2 Å². The minimum absolute atomic E-state index is 0.0314. The van der Waals surface area contributed by atoms with Crippen LogP contribution in [0.5, 0.6) is 0 Å². The third kappa shape index (κ3) is 4.45. The van der Waals surface area contributed by atoms with Gasteiger partial charge in [0.05, 0.1) is 16.9 Å². The van der Waals surface area contributed by atoms with Crippen LogP contribution >= 0.6 is 11.6 Å². The lowest BCUT2D eigenvalue weighted by atomic mass is 10.2. The maximum Gasteiger partial charge on any atom is 0.256 e. The first-order valence-electron chi connectivity index (χ1n) is 10.3. The van der Waals surface area contributed by atoms with Crippen LogP contribution in [0.15, 0.2) is 41.4 Å². The molecule has 1 amide bonds. The zero-order valence-corrected chi connectivity index (χ0v) is 18.3. The number of amides is 1. The van der Waals surface area contributed by atoms with Crippen LogP contribution in [0.1, 0.15) is 42.5 Å². The summed E-state index contributed by atoms with van der Waals surface area (Å²) >= 11 is 6.19. The highest BCUT2D eigenvalue weighted by molar-refractivity contribution is 7.89. The maximum absolute atomic E-state index is 13.0. The molecule has 0 radical (unpaired) electrons. The number of benzene rings is 1. The van der Waals surface area contributed by atoms with Gasteiger partial charge < -0.3 is 10.2 Å². The first-order chi connectivity index (χ1) is 14.4. The Hall–Kier alpha value is -2.16. The van der Waals surface area contributed by atoms with E-state index in [1.807, 2.05) is 6.07 Å². The van der Waals surface area contributed by atoms with E-state index < -0.39 is 15.9 Å². The molecule has 2 aliphatic rings. The number of nitrogens with one attached hydrogen (secondary N) is 1. The Morgan fingerprint density at radius 2 is 1.67 bits per heavy atom. The van der Waals surface area contributed by atoms with Gasteiger partial charge in [-0.2, -0.15) is 4.31 Å². The summed E-state index contributed by atoms with van der Waals surface area (Å²) in [6.45, 7) is 2.99. The molecule has 2 fully saturated rings. The molecular weight excluding hydrogens is 424 g/mol. The Morgan fingerprint density at radius 3 is 2.33 bits per heavy atom. The minimum atomic E-state index is -3.74. The van der Waals surface area contributed by atoms with E-state index in [2.05, 4.69) is 15.2 Å². The predicted octanol–water partition coefficient (Wildman–Crippen LogP) is 3.76. The second-order valence-corrected chi connectivity index (χ2v) is 9.97. The molecule has 4 rings (SSSR count). The highest BCUT2D eigenvalue weighted by Crippen LogP contribution is 2.28. The molecule has 0 unspecified atom stereocenters. The van der Waals surface area contributed by atoms with Crippen LogP contribution in [0.4, 0.5) is 11.5 Å². The highest BCUT2D eigenvalue weighted by Gasteiger charge is 2.28. The van der Waals surface area contributed by atoms with Crippen molar-refractivity contribution in [2.45, 2.75) is 37.0 Å². The standard InChI is InChI=1S/C21H25ClN4O3S/c22-18-8-6-16(14-19(18)30(28,29)26-12-2-1-3-13-26)21(27)24-20-9-7-17(15-23-20)25-10-4-5-11-25/h6-9,14-15H,1-5,10-13H2,(H,23,24,27). The minimum Gasteiger partial charge on any atom is -0.370 e. The van der Waals surface area contributed by atoms with Gasteiger partial charge in [-0.1, -0.05) is 18.0 Å². The van der Waals surface area contributed by atoms with Crippen molar-refractivity contribution >= 4 is 39.0 Å². The number of sulfonamides is 1. The molecular formula is C21H25ClN4O3S. The number of carbonyl (C=O) groups is 1. The lowest BCUT2D eigenvalue weighted by Gasteiger charge is -2.26. The molecule has 0 aliphatic carbocycles. The fourth-order valence-corrected chi connectivity index (χ4v) is 5.91. The summed E-state index contributed by atoms with van der Waals surface area (Å²) in [6, 6.07) is 8.01.